The Kier molecular flexibility index (Phi) is 2.10. The topological polar surface area (TPSA) is 20.3 Å². The molecule has 1 aromatic carbocycles. The van der Waals surface area contributed by atoms with Crippen molar-refractivity contribution in [2.24, 2.45) is 0 Å². The van der Waals surface area contributed by atoms with Gasteiger partial charge in [-0.2, -0.15) is 0 Å². The van der Waals surface area contributed by atoms with Crippen LogP contribution in [0, 0.1) is 0 Å². The smallest absolute Gasteiger partial charge is 0.177 e. The lowest BCUT2D eigenvalue weighted by molar-refractivity contribution is 0.0923. The predicted molar refractivity (Wildman–Crippen MR) is 52.1 cm³/mol. The molecule has 1 heterocycles. The fourth-order valence-corrected chi connectivity index (χ4v) is 1.84. The summed E-state index contributed by atoms with van der Waals surface area (Å²) in [5.74, 6) is 0.181. The van der Waals surface area contributed by atoms with E-state index < -0.39 is 0 Å². The number of carbonyl (C=O) groups excluding carboxylic acids is 1. The monoisotopic (exact) mass is 195 g/mol. The van der Waals surface area contributed by atoms with E-state index in [1.807, 2.05) is 24.1 Å². The minimum atomic E-state index is 0.181. The molecule has 0 radical (unpaired) electrons. The largest absolute Gasteiger partial charge is 0.295 e. The number of benzene rings is 1. The summed E-state index contributed by atoms with van der Waals surface area (Å²) >= 11 is 5.84. The standard InChI is InChI=1S/C10H10ClNO/c1-12-5-7-4-8(11)2-3-9(7)10(13)6-12/h2-4H,5-6H2,1H3. The van der Waals surface area contributed by atoms with E-state index in [4.69, 9.17) is 11.6 Å². The molecule has 0 saturated heterocycles. The highest BCUT2D eigenvalue weighted by Crippen LogP contribution is 2.21. The summed E-state index contributed by atoms with van der Waals surface area (Å²) in [6.07, 6.45) is 0. The van der Waals surface area contributed by atoms with Crippen molar-refractivity contribution < 1.29 is 4.79 Å². The first kappa shape index (κ1) is 8.73. The minimum absolute atomic E-state index is 0.181. The molecule has 0 saturated carbocycles. The van der Waals surface area contributed by atoms with Crippen molar-refractivity contribution in [3.05, 3.63) is 34.3 Å². The summed E-state index contributed by atoms with van der Waals surface area (Å²) in [6, 6.07) is 5.45. The van der Waals surface area contributed by atoms with Gasteiger partial charge >= 0.3 is 0 Å². The Morgan fingerprint density at radius 1 is 1.38 bits per heavy atom. The van der Waals surface area contributed by atoms with Gasteiger partial charge in [0, 0.05) is 17.1 Å². The van der Waals surface area contributed by atoms with Crippen molar-refractivity contribution in [1.29, 1.82) is 0 Å². The molecular weight excluding hydrogens is 186 g/mol. The Balaban J connectivity index is 2.49. The first-order chi connectivity index (χ1) is 6.16. The van der Waals surface area contributed by atoms with Gasteiger partial charge in [0.2, 0.25) is 0 Å². The van der Waals surface area contributed by atoms with Crippen LogP contribution in [0.3, 0.4) is 0 Å². The minimum Gasteiger partial charge on any atom is -0.295 e. The molecule has 0 aromatic heterocycles. The van der Waals surface area contributed by atoms with Crippen LogP contribution in [0.1, 0.15) is 15.9 Å². The summed E-state index contributed by atoms with van der Waals surface area (Å²) in [5, 5.41) is 0.696. The summed E-state index contributed by atoms with van der Waals surface area (Å²) in [6.45, 7) is 1.32. The zero-order valence-electron chi connectivity index (χ0n) is 7.38. The number of nitrogens with zero attached hydrogens (tertiary/aromatic N) is 1. The number of ketones is 1. The normalized spacial score (nSPS) is 17.2. The van der Waals surface area contributed by atoms with Crippen LogP contribution in [0.2, 0.25) is 5.02 Å². The van der Waals surface area contributed by atoms with Gasteiger partial charge in [-0.05, 0) is 30.8 Å². The number of Topliss-reactive ketones (excluding diaryl/α,β-unsaturated/α-hetero) is 1. The van der Waals surface area contributed by atoms with Gasteiger partial charge in [0.15, 0.2) is 5.78 Å². The maximum Gasteiger partial charge on any atom is 0.177 e. The fraction of sp³-hybridized carbons (Fsp3) is 0.300. The van der Waals surface area contributed by atoms with E-state index in [2.05, 4.69) is 0 Å². The Morgan fingerprint density at radius 3 is 2.92 bits per heavy atom. The molecule has 1 aliphatic rings. The van der Waals surface area contributed by atoms with Gasteiger partial charge in [-0.3, -0.25) is 9.69 Å². The zero-order chi connectivity index (χ0) is 9.42. The summed E-state index contributed by atoms with van der Waals surface area (Å²) in [5.41, 5.74) is 1.86. The first-order valence-electron chi connectivity index (χ1n) is 4.17. The van der Waals surface area contributed by atoms with Crippen LogP contribution in [-0.2, 0) is 6.54 Å². The highest BCUT2D eigenvalue weighted by atomic mass is 35.5. The molecule has 0 amide bonds. The van der Waals surface area contributed by atoms with E-state index >= 15 is 0 Å². The van der Waals surface area contributed by atoms with Crippen molar-refractivity contribution in [1.82, 2.24) is 4.90 Å². The second-order valence-corrected chi connectivity index (χ2v) is 3.83. The van der Waals surface area contributed by atoms with Crippen molar-refractivity contribution in [3.63, 3.8) is 0 Å². The summed E-state index contributed by atoms with van der Waals surface area (Å²) < 4.78 is 0. The Labute approximate surface area is 82.1 Å². The molecule has 0 N–H and O–H groups in total. The van der Waals surface area contributed by atoms with Crippen molar-refractivity contribution in [2.75, 3.05) is 13.6 Å². The third-order valence-corrected chi connectivity index (χ3v) is 2.46. The van der Waals surface area contributed by atoms with E-state index in [0.717, 1.165) is 17.7 Å². The van der Waals surface area contributed by atoms with Crippen molar-refractivity contribution in [2.45, 2.75) is 6.54 Å². The molecule has 0 aliphatic carbocycles. The highest BCUT2D eigenvalue weighted by Gasteiger charge is 2.20. The average molecular weight is 196 g/mol. The SMILES string of the molecule is CN1CC(=O)c2ccc(Cl)cc2C1. The van der Waals surface area contributed by atoms with Crippen molar-refractivity contribution >= 4 is 17.4 Å². The van der Waals surface area contributed by atoms with Gasteiger partial charge in [-0.25, -0.2) is 0 Å². The van der Waals surface area contributed by atoms with Crippen LogP contribution in [0.4, 0.5) is 0 Å². The van der Waals surface area contributed by atoms with Gasteiger partial charge in [-0.15, -0.1) is 0 Å². The molecule has 68 valence electrons. The molecule has 0 bridgehead atoms. The average Bonchev–Trinajstić information content (AvgIpc) is 2.02. The summed E-state index contributed by atoms with van der Waals surface area (Å²) in [4.78, 5) is 13.5. The maximum atomic E-state index is 11.5. The molecule has 3 heteroatoms. The van der Waals surface area contributed by atoms with E-state index in [1.54, 1.807) is 6.07 Å². The van der Waals surface area contributed by atoms with Gasteiger partial charge < -0.3 is 0 Å². The first-order valence-corrected chi connectivity index (χ1v) is 4.55. The van der Waals surface area contributed by atoms with Gasteiger partial charge in [0.1, 0.15) is 0 Å². The number of carbonyl (C=O) groups is 1. The van der Waals surface area contributed by atoms with Crippen LogP contribution >= 0.6 is 11.6 Å². The number of likely N-dealkylation sites (N-methyl/N-ethyl adjacent to an activating group) is 1. The third kappa shape index (κ3) is 1.60. The molecule has 1 aromatic rings. The molecule has 2 nitrogen and oxygen atoms in total. The number of halogens is 1. The van der Waals surface area contributed by atoms with E-state index in [0.29, 0.717) is 11.6 Å². The van der Waals surface area contributed by atoms with Crippen LogP contribution in [0.5, 0.6) is 0 Å². The molecular formula is C10H10ClNO. The van der Waals surface area contributed by atoms with Crippen LogP contribution in [0.25, 0.3) is 0 Å². The van der Waals surface area contributed by atoms with Crippen LogP contribution in [0.15, 0.2) is 18.2 Å². The van der Waals surface area contributed by atoms with E-state index in [1.165, 1.54) is 0 Å². The Morgan fingerprint density at radius 2 is 2.15 bits per heavy atom. The van der Waals surface area contributed by atoms with Crippen molar-refractivity contribution in [3.8, 4) is 0 Å². The Hall–Kier alpha value is -0.860. The molecule has 1 aliphatic heterocycles. The number of hydrogen-bond donors (Lipinski definition) is 0. The molecule has 0 fully saturated rings. The highest BCUT2D eigenvalue weighted by molar-refractivity contribution is 6.30. The van der Waals surface area contributed by atoms with Gasteiger partial charge in [0.25, 0.3) is 0 Å². The molecule has 13 heavy (non-hydrogen) atoms. The number of hydrogen-bond acceptors (Lipinski definition) is 2. The molecule has 2 rings (SSSR count). The molecule has 0 spiro atoms. The number of rotatable bonds is 0. The second-order valence-electron chi connectivity index (χ2n) is 3.40. The summed E-state index contributed by atoms with van der Waals surface area (Å²) in [7, 11) is 1.93. The van der Waals surface area contributed by atoms with Crippen LogP contribution in [-0.4, -0.2) is 24.3 Å². The fourth-order valence-electron chi connectivity index (χ4n) is 1.64. The lowest BCUT2D eigenvalue weighted by Crippen LogP contribution is -2.31. The second kappa shape index (κ2) is 3.13. The molecule has 0 atom stereocenters. The predicted octanol–water partition coefficient (Wildman–Crippen LogP) is 1.97. The van der Waals surface area contributed by atoms with Crippen LogP contribution < -0.4 is 0 Å². The number of fused-ring (bicyclic) bond motifs is 1. The van der Waals surface area contributed by atoms with Gasteiger partial charge in [0.05, 0.1) is 6.54 Å². The Bertz CT molecular complexity index is 362. The molecule has 0 unspecified atom stereocenters. The van der Waals surface area contributed by atoms with E-state index in [-0.39, 0.29) is 5.78 Å². The third-order valence-electron chi connectivity index (χ3n) is 2.22. The van der Waals surface area contributed by atoms with E-state index in [9.17, 15) is 4.79 Å². The zero-order valence-corrected chi connectivity index (χ0v) is 8.14. The quantitative estimate of drug-likeness (QED) is 0.631. The lowest BCUT2D eigenvalue weighted by atomic mass is 9.99. The maximum absolute atomic E-state index is 11.5. The lowest BCUT2D eigenvalue weighted by Gasteiger charge is -2.23. The van der Waals surface area contributed by atoms with Gasteiger partial charge in [-0.1, -0.05) is 11.6 Å².